The van der Waals surface area contributed by atoms with Crippen molar-refractivity contribution in [1.29, 1.82) is 0 Å². The van der Waals surface area contributed by atoms with Crippen LogP contribution in [0.15, 0.2) is 36.5 Å². The van der Waals surface area contributed by atoms with E-state index in [4.69, 9.17) is 27.9 Å². The minimum atomic E-state index is -0.0218. The Morgan fingerprint density at radius 1 is 1.12 bits per heavy atom. The Labute approximate surface area is 102 Å². The monoisotopic (exact) mass is 255 g/mol. The molecule has 0 fully saturated rings. The minimum Gasteiger partial charge on any atom is -0.506 e. The summed E-state index contributed by atoms with van der Waals surface area (Å²) in [6.07, 6.45) is 1.24. The lowest BCUT2D eigenvalue weighted by Crippen LogP contribution is -1.87. The van der Waals surface area contributed by atoms with Crippen molar-refractivity contribution in [3.05, 3.63) is 46.7 Å². The van der Waals surface area contributed by atoms with Crippen molar-refractivity contribution in [3.8, 4) is 17.2 Å². The molecule has 3 nitrogen and oxygen atoms in total. The van der Waals surface area contributed by atoms with E-state index in [1.54, 1.807) is 24.3 Å². The van der Waals surface area contributed by atoms with Crippen LogP contribution in [0.25, 0.3) is 0 Å². The van der Waals surface area contributed by atoms with E-state index in [-0.39, 0.29) is 16.7 Å². The molecule has 0 saturated heterocycles. The molecule has 0 bridgehead atoms. The third kappa shape index (κ3) is 2.38. The van der Waals surface area contributed by atoms with Gasteiger partial charge in [-0.25, -0.2) is 4.98 Å². The van der Waals surface area contributed by atoms with E-state index < -0.39 is 0 Å². The number of benzene rings is 1. The zero-order valence-electron chi connectivity index (χ0n) is 8.02. The van der Waals surface area contributed by atoms with Crippen LogP contribution in [-0.2, 0) is 0 Å². The van der Waals surface area contributed by atoms with Crippen molar-refractivity contribution in [2.75, 3.05) is 0 Å². The van der Waals surface area contributed by atoms with E-state index in [1.165, 1.54) is 12.3 Å². The molecule has 5 heteroatoms. The predicted octanol–water partition coefficient (Wildman–Crippen LogP) is 3.89. The largest absolute Gasteiger partial charge is 0.506 e. The van der Waals surface area contributed by atoms with Crippen LogP contribution in [0.4, 0.5) is 0 Å². The Morgan fingerprint density at radius 3 is 2.62 bits per heavy atom. The Morgan fingerprint density at radius 2 is 1.88 bits per heavy atom. The van der Waals surface area contributed by atoms with E-state index in [0.717, 1.165) is 0 Å². The second-order valence-electron chi connectivity index (χ2n) is 3.01. The van der Waals surface area contributed by atoms with Crippen LogP contribution in [0.5, 0.6) is 17.2 Å². The molecule has 1 N–H and O–H groups in total. The maximum absolute atomic E-state index is 9.25. The summed E-state index contributed by atoms with van der Waals surface area (Å²) in [7, 11) is 0. The number of nitrogens with zero attached hydrogens (tertiary/aromatic N) is 1. The third-order valence-corrected chi connectivity index (χ3v) is 2.45. The predicted molar refractivity (Wildman–Crippen MR) is 62.4 cm³/mol. The van der Waals surface area contributed by atoms with Gasteiger partial charge in [-0.3, -0.25) is 0 Å². The second-order valence-corrected chi connectivity index (χ2v) is 3.78. The van der Waals surface area contributed by atoms with Gasteiger partial charge in [0.15, 0.2) is 10.9 Å². The van der Waals surface area contributed by atoms with Crippen molar-refractivity contribution in [2.24, 2.45) is 0 Å². The van der Waals surface area contributed by atoms with E-state index in [2.05, 4.69) is 4.98 Å². The van der Waals surface area contributed by atoms with Crippen LogP contribution >= 0.6 is 23.2 Å². The normalized spacial score (nSPS) is 10.1. The third-order valence-electron chi connectivity index (χ3n) is 1.85. The molecule has 16 heavy (non-hydrogen) atoms. The summed E-state index contributed by atoms with van der Waals surface area (Å²) in [5, 5.41) is 9.88. The number of aromatic nitrogens is 1. The van der Waals surface area contributed by atoms with E-state index in [1.807, 2.05) is 0 Å². The lowest BCUT2D eigenvalue weighted by molar-refractivity contribution is 0.451. The highest BCUT2D eigenvalue weighted by molar-refractivity contribution is 6.32. The first kappa shape index (κ1) is 11.0. The van der Waals surface area contributed by atoms with E-state index in [9.17, 15) is 5.11 Å². The molecular formula is C11H7Cl2NO2. The first-order chi connectivity index (χ1) is 7.66. The molecule has 1 aromatic carbocycles. The zero-order valence-corrected chi connectivity index (χ0v) is 9.53. The van der Waals surface area contributed by atoms with E-state index >= 15 is 0 Å². The molecule has 82 valence electrons. The molecule has 0 aliphatic carbocycles. The summed E-state index contributed by atoms with van der Waals surface area (Å²) in [6, 6.07) is 8.34. The fraction of sp³-hybridized carbons (Fsp3) is 0. The summed E-state index contributed by atoms with van der Waals surface area (Å²) in [5.41, 5.74) is 0. The number of hydrogen-bond donors (Lipinski definition) is 1. The highest BCUT2D eigenvalue weighted by Gasteiger charge is 2.07. The molecule has 2 rings (SSSR count). The minimum absolute atomic E-state index is 0.0218. The van der Waals surface area contributed by atoms with Gasteiger partial charge >= 0.3 is 0 Å². The van der Waals surface area contributed by atoms with Gasteiger partial charge in [0, 0.05) is 6.07 Å². The number of ether oxygens (including phenoxy) is 1. The maximum atomic E-state index is 9.25. The van der Waals surface area contributed by atoms with Gasteiger partial charge in [0.05, 0.1) is 11.2 Å². The first-order valence-corrected chi connectivity index (χ1v) is 5.19. The zero-order chi connectivity index (χ0) is 11.5. The maximum Gasteiger partial charge on any atom is 0.171 e. The van der Waals surface area contributed by atoms with E-state index in [0.29, 0.717) is 10.8 Å². The van der Waals surface area contributed by atoms with Crippen LogP contribution in [0.2, 0.25) is 10.2 Å². The molecule has 1 aromatic heterocycles. The van der Waals surface area contributed by atoms with Crippen LogP contribution < -0.4 is 4.74 Å². The number of aromatic hydroxyl groups is 1. The quantitative estimate of drug-likeness (QED) is 0.829. The lowest BCUT2D eigenvalue weighted by atomic mass is 10.3. The van der Waals surface area contributed by atoms with Gasteiger partial charge in [-0.2, -0.15) is 0 Å². The topological polar surface area (TPSA) is 42.4 Å². The Balaban J connectivity index is 2.34. The van der Waals surface area contributed by atoms with Gasteiger partial charge in [0.25, 0.3) is 0 Å². The fourth-order valence-corrected chi connectivity index (χ4v) is 1.45. The van der Waals surface area contributed by atoms with Crippen LogP contribution in [-0.4, -0.2) is 10.1 Å². The van der Waals surface area contributed by atoms with Gasteiger partial charge in [-0.1, -0.05) is 35.3 Å². The highest BCUT2D eigenvalue weighted by Crippen LogP contribution is 2.33. The van der Waals surface area contributed by atoms with Crippen LogP contribution in [0.1, 0.15) is 0 Å². The summed E-state index contributed by atoms with van der Waals surface area (Å²) in [6.45, 7) is 0. The lowest BCUT2D eigenvalue weighted by Gasteiger charge is -2.08. The number of pyridine rings is 1. The molecule has 0 unspecified atom stereocenters. The molecule has 0 amide bonds. The standard InChI is InChI=1S/C11H7Cl2NO2/c12-8-3-1-2-4-9(8)16-10-5-7(15)6-14-11(10)13/h1-6,15H. The molecule has 1 heterocycles. The molecule has 0 saturated carbocycles. The number of halogens is 2. The number of hydrogen-bond acceptors (Lipinski definition) is 3. The fourth-order valence-electron chi connectivity index (χ4n) is 1.14. The van der Waals surface area contributed by atoms with Crippen molar-refractivity contribution >= 4 is 23.2 Å². The van der Waals surface area contributed by atoms with Gasteiger partial charge < -0.3 is 9.84 Å². The van der Waals surface area contributed by atoms with Gasteiger partial charge in [0.1, 0.15) is 11.5 Å². The van der Waals surface area contributed by atoms with Crippen molar-refractivity contribution in [1.82, 2.24) is 4.98 Å². The van der Waals surface area contributed by atoms with Gasteiger partial charge in [-0.05, 0) is 12.1 Å². The molecule has 0 spiro atoms. The Hall–Kier alpha value is -1.45. The first-order valence-electron chi connectivity index (χ1n) is 4.44. The summed E-state index contributed by atoms with van der Waals surface area (Å²) < 4.78 is 5.43. The van der Waals surface area contributed by atoms with Gasteiger partial charge in [0.2, 0.25) is 0 Å². The van der Waals surface area contributed by atoms with Crippen LogP contribution in [0, 0.1) is 0 Å². The second kappa shape index (κ2) is 4.60. The molecule has 0 radical (unpaired) electrons. The Kier molecular flexibility index (Phi) is 3.17. The van der Waals surface area contributed by atoms with Crippen molar-refractivity contribution in [2.45, 2.75) is 0 Å². The van der Waals surface area contributed by atoms with Crippen LogP contribution in [0.3, 0.4) is 0 Å². The molecule has 0 aliphatic rings. The summed E-state index contributed by atoms with van der Waals surface area (Å²) >= 11 is 11.7. The average molecular weight is 256 g/mol. The smallest absolute Gasteiger partial charge is 0.171 e. The van der Waals surface area contributed by atoms with Gasteiger partial charge in [-0.15, -0.1) is 0 Å². The molecule has 0 atom stereocenters. The molecule has 0 aliphatic heterocycles. The summed E-state index contributed by atoms with van der Waals surface area (Å²) in [5.74, 6) is 0.694. The molecule has 2 aromatic rings. The van der Waals surface area contributed by atoms with Crippen molar-refractivity contribution in [3.63, 3.8) is 0 Å². The Bertz CT molecular complexity index is 517. The number of rotatable bonds is 2. The number of para-hydroxylation sites is 1. The summed E-state index contributed by atoms with van der Waals surface area (Å²) in [4.78, 5) is 3.75. The molecular weight excluding hydrogens is 249 g/mol. The average Bonchev–Trinajstić information content (AvgIpc) is 2.27. The SMILES string of the molecule is Oc1cnc(Cl)c(Oc2ccccc2Cl)c1. The van der Waals surface area contributed by atoms with Crippen molar-refractivity contribution < 1.29 is 9.84 Å². The highest BCUT2D eigenvalue weighted by atomic mass is 35.5.